The van der Waals surface area contributed by atoms with Crippen LogP contribution in [0, 0.1) is 11.3 Å². The zero-order chi connectivity index (χ0) is 18.0. The largest absolute Gasteiger partial charge is 0.497 e. The molecule has 8 heteroatoms. The molecule has 1 aromatic carbocycles. The van der Waals surface area contributed by atoms with Gasteiger partial charge in [-0.3, -0.25) is 4.79 Å². The molecule has 2 rings (SSSR count). The van der Waals surface area contributed by atoms with Crippen molar-refractivity contribution in [3.05, 3.63) is 18.2 Å². The maximum absolute atomic E-state index is 12.6. The first-order chi connectivity index (χ1) is 11.2. The van der Waals surface area contributed by atoms with E-state index in [1.807, 2.05) is 13.8 Å². The summed E-state index contributed by atoms with van der Waals surface area (Å²) in [5.74, 6) is -0.258. The number of nitrogens with one attached hydrogen (secondary N) is 2. The second kappa shape index (κ2) is 6.98. The minimum Gasteiger partial charge on any atom is -0.497 e. The van der Waals surface area contributed by atoms with Gasteiger partial charge in [0.2, 0.25) is 5.91 Å². The number of hydrogen-bond donors (Lipinski definition) is 2. The van der Waals surface area contributed by atoms with Gasteiger partial charge in [-0.2, -0.15) is 0 Å². The van der Waals surface area contributed by atoms with Gasteiger partial charge < -0.3 is 14.8 Å². The summed E-state index contributed by atoms with van der Waals surface area (Å²) >= 11 is 0. The van der Waals surface area contributed by atoms with Crippen molar-refractivity contribution in [1.82, 2.24) is 10.0 Å². The van der Waals surface area contributed by atoms with Gasteiger partial charge in [-0.05, 0) is 18.4 Å². The molecule has 0 aromatic heterocycles. The molecule has 0 aliphatic carbocycles. The highest BCUT2D eigenvalue weighted by atomic mass is 32.2. The first kappa shape index (κ1) is 18.5. The summed E-state index contributed by atoms with van der Waals surface area (Å²) in [4.78, 5) is 12.4. The Balaban J connectivity index is 2.26. The predicted octanol–water partition coefficient (Wildman–Crippen LogP) is 1.14. The van der Waals surface area contributed by atoms with Gasteiger partial charge in [0, 0.05) is 24.7 Å². The molecule has 1 aromatic rings. The number of rotatable bonds is 5. The molecule has 7 nitrogen and oxygen atoms in total. The van der Waals surface area contributed by atoms with Crippen LogP contribution in [0.3, 0.4) is 0 Å². The van der Waals surface area contributed by atoms with E-state index in [9.17, 15) is 13.2 Å². The fraction of sp³-hybridized carbons (Fsp3) is 0.562. The predicted molar refractivity (Wildman–Crippen MR) is 89.6 cm³/mol. The average Bonchev–Trinajstić information content (AvgIpc) is 2.53. The number of ether oxygens (including phenoxy) is 2. The summed E-state index contributed by atoms with van der Waals surface area (Å²) in [6, 6.07) is 4.26. The van der Waals surface area contributed by atoms with Crippen molar-refractivity contribution >= 4 is 15.9 Å². The van der Waals surface area contributed by atoms with Gasteiger partial charge in [0.15, 0.2) is 0 Å². The zero-order valence-corrected chi connectivity index (χ0v) is 15.2. The third-order valence-corrected chi connectivity index (χ3v) is 5.75. The van der Waals surface area contributed by atoms with Gasteiger partial charge in [-0.25, -0.2) is 13.1 Å². The molecular weight excluding hydrogens is 332 g/mol. The van der Waals surface area contributed by atoms with Crippen LogP contribution >= 0.6 is 0 Å². The lowest BCUT2D eigenvalue weighted by Crippen LogP contribution is -2.50. The maximum Gasteiger partial charge on any atom is 0.264 e. The van der Waals surface area contributed by atoms with Crippen LogP contribution in [0.2, 0.25) is 0 Å². The Labute approximate surface area is 142 Å². The van der Waals surface area contributed by atoms with E-state index in [1.165, 1.54) is 26.4 Å². The minimum atomic E-state index is -4.01. The van der Waals surface area contributed by atoms with E-state index in [2.05, 4.69) is 10.0 Å². The Morgan fingerprint density at radius 3 is 2.29 bits per heavy atom. The van der Waals surface area contributed by atoms with Crippen LogP contribution < -0.4 is 19.5 Å². The van der Waals surface area contributed by atoms with Gasteiger partial charge in [0.1, 0.15) is 11.5 Å². The van der Waals surface area contributed by atoms with Gasteiger partial charge in [0.25, 0.3) is 10.0 Å². The first-order valence-corrected chi connectivity index (χ1v) is 9.18. The Hall–Kier alpha value is -1.80. The summed E-state index contributed by atoms with van der Waals surface area (Å²) < 4.78 is 37.5. The number of sulfonamides is 1. The summed E-state index contributed by atoms with van der Waals surface area (Å²) in [5.41, 5.74) is -0.267. The standard InChI is InChI=1S/C16H24N2O5S/c1-16(2)5-6-17-10-14(16)15(19)18-24(20,21)13-8-11(22-3)7-12(9-13)23-4/h7-9,14,17H,5-6,10H2,1-4H3,(H,18,19). The van der Waals surface area contributed by atoms with Gasteiger partial charge >= 0.3 is 0 Å². The molecular formula is C16H24N2O5S. The molecule has 1 unspecified atom stereocenters. The van der Waals surface area contributed by atoms with E-state index < -0.39 is 21.8 Å². The minimum absolute atomic E-state index is 0.0753. The Bertz CT molecular complexity index is 693. The topological polar surface area (TPSA) is 93.7 Å². The molecule has 0 spiro atoms. The fourth-order valence-electron chi connectivity index (χ4n) is 2.75. The molecule has 1 saturated heterocycles. The molecule has 0 radical (unpaired) electrons. The number of benzene rings is 1. The van der Waals surface area contributed by atoms with Crippen LogP contribution in [0.5, 0.6) is 11.5 Å². The Kier molecular flexibility index (Phi) is 5.39. The van der Waals surface area contributed by atoms with Crippen molar-refractivity contribution < 1.29 is 22.7 Å². The third kappa shape index (κ3) is 3.99. The molecule has 1 atom stereocenters. The zero-order valence-electron chi connectivity index (χ0n) is 14.4. The Morgan fingerprint density at radius 1 is 1.21 bits per heavy atom. The van der Waals surface area contributed by atoms with Gasteiger partial charge in [-0.1, -0.05) is 13.8 Å². The second-order valence-electron chi connectivity index (χ2n) is 6.51. The third-order valence-electron chi connectivity index (χ3n) is 4.42. The molecule has 2 N–H and O–H groups in total. The monoisotopic (exact) mass is 356 g/mol. The molecule has 24 heavy (non-hydrogen) atoms. The van der Waals surface area contributed by atoms with Gasteiger partial charge in [-0.15, -0.1) is 0 Å². The highest BCUT2D eigenvalue weighted by molar-refractivity contribution is 7.90. The first-order valence-electron chi connectivity index (χ1n) is 7.70. The van der Waals surface area contributed by atoms with Gasteiger partial charge in [0.05, 0.1) is 25.0 Å². The molecule has 1 heterocycles. The summed E-state index contributed by atoms with van der Waals surface area (Å²) in [6.45, 7) is 5.21. The van der Waals surface area contributed by atoms with E-state index in [4.69, 9.17) is 9.47 Å². The maximum atomic E-state index is 12.6. The molecule has 0 saturated carbocycles. The molecule has 0 bridgehead atoms. The van der Waals surface area contributed by atoms with Crippen molar-refractivity contribution in [2.45, 2.75) is 25.2 Å². The number of methoxy groups -OCH3 is 2. The van der Waals surface area contributed by atoms with Crippen LogP contribution in [0.4, 0.5) is 0 Å². The van der Waals surface area contributed by atoms with E-state index in [1.54, 1.807) is 6.07 Å². The molecule has 134 valence electrons. The van der Waals surface area contributed by atoms with E-state index in [-0.39, 0.29) is 10.3 Å². The number of amides is 1. The van der Waals surface area contributed by atoms with E-state index in [0.29, 0.717) is 18.0 Å². The smallest absolute Gasteiger partial charge is 0.264 e. The fourth-order valence-corrected chi connectivity index (χ4v) is 3.82. The SMILES string of the molecule is COc1cc(OC)cc(S(=O)(=O)NC(=O)C2CNCCC2(C)C)c1. The van der Waals surface area contributed by atoms with Crippen molar-refractivity contribution in [2.75, 3.05) is 27.3 Å². The van der Waals surface area contributed by atoms with Crippen molar-refractivity contribution in [3.63, 3.8) is 0 Å². The second-order valence-corrected chi connectivity index (χ2v) is 8.20. The van der Waals surface area contributed by atoms with Crippen LogP contribution in [0.25, 0.3) is 0 Å². The van der Waals surface area contributed by atoms with Crippen LogP contribution in [0.15, 0.2) is 23.1 Å². The number of piperidine rings is 1. The van der Waals surface area contributed by atoms with Crippen molar-refractivity contribution in [1.29, 1.82) is 0 Å². The Morgan fingerprint density at radius 2 is 1.79 bits per heavy atom. The average molecular weight is 356 g/mol. The van der Waals surface area contributed by atoms with Crippen LogP contribution in [-0.2, 0) is 14.8 Å². The van der Waals surface area contributed by atoms with E-state index >= 15 is 0 Å². The van der Waals surface area contributed by atoms with Crippen LogP contribution in [0.1, 0.15) is 20.3 Å². The lowest BCUT2D eigenvalue weighted by atomic mass is 9.73. The number of carbonyl (C=O) groups excluding carboxylic acids is 1. The molecule has 1 aliphatic rings. The summed E-state index contributed by atoms with van der Waals surface area (Å²) in [7, 11) is -1.15. The summed E-state index contributed by atoms with van der Waals surface area (Å²) in [5, 5.41) is 3.14. The molecule has 1 amide bonds. The highest BCUT2D eigenvalue weighted by Crippen LogP contribution is 2.33. The van der Waals surface area contributed by atoms with E-state index in [0.717, 1.165) is 13.0 Å². The molecule has 1 aliphatic heterocycles. The van der Waals surface area contributed by atoms with Crippen LogP contribution in [-0.4, -0.2) is 41.6 Å². The van der Waals surface area contributed by atoms with Crippen molar-refractivity contribution in [3.8, 4) is 11.5 Å². The normalized spacial score (nSPS) is 20.2. The number of carbonyl (C=O) groups is 1. The lowest BCUT2D eigenvalue weighted by Gasteiger charge is -2.37. The lowest BCUT2D eigenvalue weighted by molar-refractivity contribution is -0.127. The van der Waals surface area contributed by atoms with Crippen molar-refractivity contribution in [2.24, 2.45) is 11.3 Å². The highest BCUT2D eigenvalue weighted by Gasteiger charge is 2.38. The number of hydrogen-bond acceptors (Lipinski definition) is 6. The molecule has 1 fully saturated rings. The quantitative estimate of drug-likeness (QED) is 0.822. The summed E-state index contributed by atoms with van der Waals surface area (Å²) in [6.07, 6.45) is 0.804.